The number of ether oxygens (including phenoxy) is 6. The summed E-state index contributed by atoms with van der Waals surface area (Å²) in [7, 11) is 1.28. The molecule has 48 heavy (non-hydrogen) atoms. The number of esters is 1. The summed E-state index contributed by atoms with van der Waals surface area (Å²) in [6.07, 6.45) is 1.99. The quantitative estimate of drug-likeness (QED) is 0.110. The minimum Gasteiger partial charge on any atom is -0.493 e. The van der Waals surface area contributed by atoms with Gasteiger partial charge in [-0.15, -0.1) is 0 Å². The van der Waals surface area contributed by atoms with Crippen molar-refractivity contribution < 1.29 is 38.0 Å². The Bertz CT molecular complexity index is 1690. The van der Waals surface area contributed by atoms with Crippen LogP contribution in [0.2, 0.25) is 0 Å². The molecule has 1 N–H and O–H groups in total. The highest BCUT2D eigenvalue weighted by Crippen LogP contribution is 2.37. The molecule has 252 valence electrons. The second-order valence-electron chi connectivity index (χ2n) is 12.3. The van der Waals surface area contributed by atoms with Crippen LogP contribution < -0.4 is 24.3 Å². The first-order valence-corrected chi connectivity index (χ1v) is 16.1. The van der Waals surface area contributed by atoms with E-state index in [-0.39, 0.29) is 13.2 Å². The average Bonchev–Trinajstić information content (AvgIpc) is 3.55. The molecule has 1 unspecified atom stereocenters. The van der Waals surface area contributed by atoms with Crippen LogP contribution in [0.1, 0.15) is 45.6 Å². The summed E-state index contributed by atoms with van der Waals surface area (Å²) in [5.41, 5.74) is 3.86. The van der Waals surface area contributed by atoms with Gasteiger partial charge in [-0.05, 0) is 81.0 Å². The van der Waals surface area contributed by atoms with Gasteiger partial charge in [0.2, 0.25) is 12.7 Å². The van der Waals surface area contributed by atoms with Crippen LogP contribution in [0.15, 0.2) is 84.9 Å². The molecule has 1 atom stereocenters. The third-order valence-electron chi connectivity index (χ3n) is 7.45. The number of unbranched alkanes of at least 4 members (excludes halogenated alkanes) is 2. The van der Waals surface area contributed by atoms with Crippen molar-refractivity contribution in [2.45, 2.75) is 58.1 Å². The molecule has 1 amide bonds. The fourth-order valence-corrected chi connectivity index (χ4v) is 5.14. The van der Waals surface area contributed by atoms with Crippen molar-refractivity contribution in [1.29, 1.82) is 0 Å². The van der Waals surface area contributed by atoms with E-state index in [9.17, 15) is 9.59 Å². The molecule has 10 heteroatoms. The number of amides is 1. The van der Waals surface area contributed by atoms with Crippen molar-refractivity contribution in [1.82, 2.24) is 10.3 Å². The van der Waals surface area contributed by atoms with Crippen molar-refractivity contribution in [3.8, 4) is 45.5 Å². The molecule has 0 spiro atoms. The van der Waals surface area contributed by atoms with E-state index in [0.717, 1.165) is 58.7 Å². The summed E-state index contributed by atoms with van der Waals surface area (Å²) in [5.74, 6) is 2.09. The number of para-hydroxylation sites is 1. The minimum atomic E-state index is -0.925. The zero-order chi connectivity index (χ0) is 33.9. The van der Waals surface area contributed by atoms with Crippen molar-refractivity contribution >= 4 is 12.1 Å². The van der Waals surface area contributed by atoms with Crippen molar-refractivity contribution in [3.05, 3.63) is 90.5 Å². The van der Waals surface area contributed by atoms with E-state index < -0.39 is 23.7 Å². The van der Waals surface area contributed by atoms with Gasteiger partial charge in [0.05, 0.1) is 26.0 Å². The third kappa shape index (κ3) is 9.63. The Balaban J connectivity index is 1.14. The van der Waals surface area contributed by atoms with Crippen LogP contribution >= 0.6 is 0 Å². The molecule has 5 rings (SSSR count). The van der Waals surface area contributed by atoms with Crippen molar-refractivity contribution in [2.75, 3.05) is 27.1 Å². The van der Waals surface area contributed by atoms with Gasteiger partial charge in [0.1, 0.15) is 17.4 Å². The first kappa shape index (κ1) is 34.1. The number of pyridine rings is 1. The normalized spacial score (nSPS) is 12.6. The molecule has 0 saturated carbocycles. The van der Waals surface area contributed by atoms with E-state index in [1.54, 1.807) is 20.8 Å². The lowest BCUT2D eigenvalue weighted by atomic mass is 10.0. The molecule has 0 saturated heterocycles. The van der Waals surface area contributed by atoms with Gasteiger partial charge in [0, 0.05) is 18.1 Å². The van der Waals surface area contributed by atoms with Gasteiger partial charge in [0.15, 0.2) is 11.5 Å². The molecule has 1 aliphatic heterocycles. The fraction of sp³-hybridized carbons (Fsp3) is 0.342. The number of nitrogens with zero attached hydrogens (tertiary/aromatic N) is 1. The Morgan fingerprint density at radius 2 is 1.54 bits per heavy atom. The molecule has 2 heterocycles. The number of rotatable bonds is 14. The number of hydrogen-bond acceptors (Lipinski definition) is 9. The van der Waals surface area contributed by atoms with Crippen LogP contribution in [0.5, 0.6) is 23.1 Å². The topological polar surface area (TPSA) is 114 Å². The SMILES string of the molecule is COC(=O)C(Cc1ccccc1OCCCCCOc1cc(-c2ccc3c(c2)OCO3)cc(-c2ccccc2)n1)NC(=O)OC(C)(C)C. The minimum absolute atomic E-state index is 0.194. The summed E-state index contributed by atoms with van der Waals surface area (Å²) in [4.78, 5) is 29.6. The molecule has 0 radical (unpaired) electrons. The Labute approximate surface area is 281 Å². The Kier molecular flexibility index (Phi) is 11.4. The van der Waals surface area contributed by atoms with Crippen LogP contribution in [-0.2, 0) is 20.7 Å². The number of benzene rings is 3. The lowest BCUT2D eigenvalue weighted by Crippen LogP contribution is -2.45. The van der Waals surface area contributed by atoms with Crippen LogP contribution in [0.25, 0.3) is 22.4 Å². The zero-order valence-electron chi connectivity index (χ0n) is 27.8. The lowest BCUT2D eigenvalue weighted by molar-refractivity contribution is -0.143. The number of nitrogens with one attached hydrogen (secondary N) is 1. The molecule has 1 aliphatic rings. The van der Waals surface area contributed by atoms with Gasteiger partial charge < -0.3 is 33.7 Å². The molecule has 0 bridgehead atoms. The third-order valence-corrected chi connectivity index (χ3v) is 7.45. The molecule has 10 nitrogen and oxygen atoms in total. The van der Waals surface area contributed by atoms with Crippen molar-refractivity contribution in [2.24, 2.45) is 0 Å². The number of carbonyl (C=O) groups is 2. The van der Waals surface area contributed by atoms with Crippen LogP contribution in [0.3, 0.4) is 0 Å². The second-order valence-corrected chi connectivity index (χ2v) is 12.3. The van der Waals surface area contributed by atoms with Crippen LogP contribution in [-0.4, -0.2) is 55.8 Å². The van der Waals surface area contributed by atoms with Crippen LogP contribution in [0.4, 0.5) is 4.79 Å². The molecule has 0 aliphatic carbocycles. The maximum absolute atomic E-state index is 12.5. The smallest absolute Gasteiger partial charge is 0.408 e. The van der Waals surface area contributed by atoms with E-state index in [2.05, 4.69) is 11.4 Å². The Morgan fingerprint density at radius 3 is 2.31 bits per heavy atom. The summed E-state index contributed by atoms with van der Waals surface area (Å²) >= 11 is 0. The number of methoxy groups -OCH3 is 1. The highest BCUT2D eigenvalue weighted by atomic mass is 16.7. The highest BCUT2D eigenvalue weighted by molar-refractivity contribution is 5.82. The maximum atomic E-state index is 12.5. The maximum Gasteiger partial charge on any atom is 0.408 e. The predicted molar refractivity (Wildman–Crippen MR) is 181 cm³/mol. The Morgan fingerprint density at radius 1 is 0.812 bits per heavy atom. The summed E-state index contributed by atoms with van der Waals surface area (Å²) in [5, 5.41) is 2.62. The van der Waals surface area contributed by atoms with E-state index in [4.69, 9.17) is 33.4 Å². The Hall–Kier alpha value is -5.25. The van der Waals surface area contributed by atoms with Gasteiger partial charge in [0.25, 0.3) is 0 Å². The molecular formula is C38H42N2O8. The van der Waals surface area contributed by atoms with E-state index in [1.807, 2.05) is 78.9 Å². The molecule has 4 aromatic rings. The first-order chi connectivity index (χ1) is 23.2. The van der Waals surface area contributed by atoms with E-state index in [1.165, 1.54) is 7.11 Å². The standard InChI is InChI=1S/C38H42N2O8/c1-38(2,3)48-37(42)40-31(36(41)43-4)21-28-15-9-10-16-32(28)44-19-11-6-12-20-45-35-24-29(22-30(39-35)26-13-7-5-8-14-26)27-17-18-33-34(23-27)47-25-46-33/h5,7-10,13-18,22-24,31H,6,11-12,19-21,25H2,1-4H3,(H,40,42). The number of carbonyl (C=O) groups excluding carboxylic acids is 2. The molecule has 0 fully saturated rings. The lowest BCUT2D eigenvalue weighted by Gasteiger charge is -2.23. The number of alkyl carbamates (subject to hydrolysis) is 1. The van der Waals surface area contributed by atoms with Crippen molar-refractivity contribution in [3.63, 3.8) is 0 Å². The summed E-state index contributed by atoms with van der Waals surface area (Å²) in [6.45, 7) is 6.48. The molecule has 1 aromatic heterocycles. The van der Waals surface area contributed by atoms with Crippen LogP contribution in [0, 0.1) is 0 Å². The largest absolute Gasteiger partial charge is 0.493 e. The summed E-state index contributed by atoms with van der Waals surface area (Å²) in [6, 6.07) is 26.4. The monoisotopic (exact) mass is 654 g/mol. The molecule has 3 aromatic carbocycles. The van der Waals surface area contributed by atoms with E-state index >= 15 is 0 Å². The van der Waals surface area contributed by atoms with Gasteiger partial charge >= 0.3 is 12.1 Å². The zero-order valence-corrected chi connectivity index (χ0v) is 27.8. The first-order valence-electron chi connectivity index (χ1n) is 16.1. The van der Waals surface area contributed by atoms with Gasteiger partial charge in [-0.3, -0.25) is 0 Å². The predicted octanol–water partition coefficient (Wildman–Crippen LogP) is 7.38. The van der Waals surface area contributed by atoms with Gasteiger partial charge in [-0.1, -0.05) is 54.6 Å². The summed E-state index contributed by atoms with van der Waals surface area (Å²) < 4.78 is 33.6. The van der Waals surface area contributed by atoms with E-state index in [0.29, 0.717) is 24.8 Å². The number of aromatic nitrogens is 1. The molecular weight excluding hydrogens is 612 g/mol. The number of hydrogen-bond donors (Lipinski definition) is 1. The average molecular weight is 655 g/mol. The second kappa shape index (κ2) is 16.0. The number of fused-ring (bicyclic) bond motifs is 1. The highest BCUT2D eigenvalue weighted by Gasteiger charge is 2.26. The van der Waals surface area contributed by atoms with Gasteiger partial charge in [-0.25, -0.2) is 14.6 Å². The fourth-order valence-electron chi connectivity index (χ4n) is 5.14. The van der Waals surface area contributed by atoms with Gasteiger partial charge in [-0.2, -0.15) is 0 Å².